The molecule has 2 aromatic heterocycles. The van der Waals surface area contributed by atoms with E-state index in [0.29, 0.717) is 27.4 Å². The Balaban J connectivity index is 1.49. The average Bonchev–Trinajstić information content (AvgIpc) is 3.00. The van der Waals surface area contributed by atoms with Crippen LogP contribution in [0, 0.1) is 5.82 Å². The summed E-state index contributed by atoms with van der Waals surface area (Å²) < 4.78 is 14.7. The lowest BCUT2D eigenvalue weighted by molar-refractivity contribution is 0.246. The van der Waals surface area contributed by atoms with Crippen molar-refractivity contribution in [2.45, 2.75) is 6.54 Å². The molecule has 1 aliphatic heterocycles. The number of hydrogen-bond donors (Lipinski definition) is 1. The van der Waals surface area contributed by atoms with Crippen molar-refractivity contribution in [1.82, 2.24) is 25.1 Å². The van der Waals surface area contributed by atoms with Crippen molar-refractivity contribution < 1.29 is 4.39 Å². The van der Waals surface area contributed by atoms with Gasteiger partial charge in [-0.05, 0) is 28.1 Å². The number of halogens is 3. The maximum Gasteiger partial charge on any atom is 0.161 e. The molecule has 0 aliphatic carbocycles. The first-order chi connectivity index (χ1) is 12.1. The molecule has 9 heteroatoms. The smallest absolute Gasteiger partial charge is 0.161 e. The summed E-state index contributed by atoms with van der Waals surface area (Å²) in [5.74, 6) is 0.601. The number of rotatable bonds is 3. The Hall–Kier alpha value is -1.77. The van der Waals surface area contributed by atoms with Crippen LogP contribution in [0.25, 0.3) is 11.0 Å². The van der Waals surface area contributed by atoms with Crippen LogP contribution >= 0.6 is 27.5 Å². The second-order valence-corrected chi connectivity index (χ2v) is 7.06. The zero-order valence-corrected chi connectivity index (χ0v) is 15.6. The number of nitrogens with zero attached hydrogens (tertiary/aromatic N) is 5. The molecule has 25 heavy (non-hydrogen) atoms. The molecule has 1 aliphatic rings. The highest BCUT2D eigenvalue weighted by molar-refractivity contribution is 9.10. The van der Waals surface area contributed by atoms with Gasteiger partial charge in [0.25, 0.3) is 0 Å². The van der Waals surface area contributed by atoms with Crippen LogP contribution in [-0.2, 0) is 6.54 Å². The summed E-state index contributed by atoms with van der Waals surface area (Å²) in [6.45, 7) is 3.68. The molecule has 130 valence electrons. The highest BCUT2D eigenvalue weighted by Gasteiger charge is 2.23. The summed E-state index contributed by atoms with van der Waals surface area (Å²) in [6.07, 6.45) is 1.54. The van der Waals surface area contributed by atoms with Crippen LogP contribution in [0.4, 0.5) is 10.2 Å². The van der Waals surface area contributed by atoms with Gasteiger partial charge >= 0.3 is 0 Å². The molecule has 1 N–H and O–H groups in total. The van der Waals surface area contributed by atoms with Crippen molar-refractivity contribution in [3.63, 3.8) is 0 Å². The van der Waals surface area contributed by atoms with E-state index in [9.17, 15) is 4.39 Å². The maximum atomic E-state index is 14.0. The summed E-state index contributed by atoms with van der Waals surface area (Å²) in [5, 5.41) is 8.37. The summed E-state index contributed by atoms with van der Waals surface area (Å²) in [7, 11) is 0. The molecule has 1 aromatic carbocycles. The fourth-order valence-electron chi connectivity index (χ4n) is 3.07. The van der Waals surface area contributed by atoms with Gasteiger partial charge in [-0.25, -0.2) is 14.4 Å². The summed E-state index contributed by atoms with van der Waals surface area (Å²) in [5.41, 5.74) is 1.26. The number of benzene rings is 1. The molecule has 0 unspecified atom stereocenters. The molecule has 3 heterocycles. The second-order valence-electron chi connectivity index (χ2n) is 5.90. The monoisotopic (exact) mass is 424 g/mol. The lowest BCUT2D eigenvalue weighted by Gasteiger charge is -2.35. The van der Waals surface area contributed by atoms with Gasteiger partial charge in [0.15, 0.2) is 5.65 Å². The Labute approximate surface area is 157 Å². The number of anilines is 1. The minimum Gasteiger partial charge on any atom is -0.353 e. The van der Waals surface area contributed by atoms with Crippen LogP contribution < -0.4 is 4.90 Å². The zero-order chi connectivity index (χ0) is 17.4. The molecule has 0 atom stereocenters. The first kappa shape index (κ1) is 16.7. The van der Waals surface area contributed by atoms with E-state index in [0.717, 1.165) is 37.4 Å². The van der Waals surface area contributed by atoms with Crippen LogP contribution in [0.15, 0.2) is 29.1 Å². The van der Waals surface area contributed by atoms with Crippen molar-refractivity contribution in [2.75, 3.05) is 31.1 Å². The minimum absolute atomic E-state index is 0.255. The molecule has 1 fully saturated rings. The number of hydrogen-bond acceptors (Lipinski definition) is 5. The number of aromatic nitrogens is 4. The lowest BCUT2D eigenvalue weighted by Crippen LogP contribution is -2.46. The third kappa shape index (κ3) is 3.21. The minimum atomic E-state index is -0.255. The number of aromatic amines is 1. The van der Waals surface area contributed by atoms with E-state index in [1.807, 2.05) is 0 Å². The molecule has 6 nitrogen and oxygen atoms in total. The third-order valence-corrected chi connectivity index (χ3v) is 5.34. The van der Waals surface area contributed by atoms with Gasteiger partial charge in [0.1, 0.15) is 22.6 Å². The fourth-order valence-corrected chi connectivity index (χ4v) is 3.75. The molecule has 0 radical (unpaired) electrons. The van der Waals surface area contributed by atoms with Gasteiger partial charge in [0, 0.05) is 43.3 Å². The molecule has 3 aromatic rings. The topological polar surface area (TPSA) is 60.9 Å². The van der Waals surface area contributed by atoms with Crippen molar-refractivity contribution in [2.24, 2.45) is 0 Å². The molecule has 4 rings (SSSR count). The van der Waals surface area contributed by atoms with Gasteiger partial charge in [-0.3, -0.25) is 10.00 Å². The molecule has 0 bridgehead atoms. The molecule has 0 saturated carbocycles. The Kier molecular flexibility index (Phi) is 4.58. The Bertz CT molecular complexity index is 889. The maximum absolute atomic E-state index is 14.0. The molecular weight excluding hydrogens is 411 g/mol. The Morgan fingerprint density at radius 2 is 2.00 bits per heavy atom. The van der Waals surface area contributed by atoms with E-state index >= 15 is 0 Å². The first-order valence-corrected chi connectivity index (χ1v) is 9.05. The third-order valence-electron chi connectivity index (χ3n) is 4.41. The van der Waals surface area contributed by atoms with E-state index in [1.165, 1.54) is 12.4 Å². The SMILES string of the molecule is Fc1cccc(Cl)c1CN1CCN(c2ncnc3[nH]nc(Br)c23)CC1. The first-order valence-electron chi connectivity index (χ1n) is 7.88. The summed E-state index contributed by atoms with van der Waals surface area (Å²) in [4.78, 5) is 13.0. The van der Waals surface area contributed by atoms with E-state index < -0.39 is 0 Å². The van der Waals surface area contributed by atoms with E-state index in [2.05, 4.69) is 45.9 Å². The number of nitrogens with one attached hydrogen (secondary N) is 1. The number of H-pyrrole nitrogens is 1. The summed E-state index contributed by atoms with van der Waals surface area (Å²) in [6, 6.07) is 4.80. The quantitative estimate of drug-likeness (QED) is 0.698. The summed E-state index contributed by atoms with van der Waals surface area (Å²) >= 11 is 9.57. The van der Waals surface area contributed by atoms with E-state index in [1.54, 1.807) is 12.1 Å². The second kappa shape index (κ2) is 6.86. The highest BCUT2D eigenvalue weighted by Crippen LogP contribution is 2.29. The highest BCUT2D eigenvalue weighted by atomic mass is 79.9. The van der Waals surface area contributed by atoms with Gasteiger partial charge in [0.05, 0.1) is 5.39 Å². The van der Waals surface area contributed by atoms with Crippen molar-refractivity contribution in [1.29, 1.82) is 0 Å². The van der Waals surface area contributed by atoms with Crippen molar-refractivity contribution in [3.05, 3.63) is 45.5 Å². The number of piperazine rings is 1. The van der Waals surface area contributed by atoms with Crippen molar-refractivity contribution in [3.8, 4) is 0 Å². The molecular formula is C16H15BrClFN6. The normalized spacial score (nSPS) is 15.9. The van der Waals surface area contributed by atoms with Crippen LogP contribution in [0.3, 0.4) is 0 Å². The van der Waals surface area contributed by atoms with Gasteiger partial charge < -0.3 is 4.90 Å². The zero-order valence-electron chi connectivity index (χ0n) is 13.2. The Morgan fingerprint density at radius 3 is 2.76 bits per heavy atom. The predicted molar refractivity (Wildman–Crippen MR) is 98.3 cm³/mol. The fraction of sp³-hybridized carbons (Fsp3) is 0.312. The number of fused-ring (bicyclic) bond motifs is 1. The van der Waals surface area contributed by atoms with Gasteiger partial charge in [-0.15, -0.1) is 0 Å². The van der Waals surface area contributed by atoms with Gasteiger partial charge in [0.2, 0.25) is 0 Å². The molecule has 0 spiro atoms. The van der Waals surface area contributed by atoms with Crippen LogP contribution in [0.5, 0.6) is 0 Å². The Morgan fingerprint density at radius 1 is 1.20 bits per heavy atom. The van der Waals surface area contributed by atoms with Gasteiger partial charge in [-0.2, -0.15) is 5.10 Å². The lowest BCUT2D eigenvalue weighted by atomic mass is 10.2. The largest absolute Gasteiger partial charge is 0.353 e. The van der Waals surface area contributed by atoms with Gasteiger partial charge in [-0.1, -0.05) is 17.7 Å². The molecule has 0 amide bonds. The average molecular weight is 426 g/mol. The molecule has 1 saturated heterocycles. The van der Waals surface area contributed by atoms with Crippen LogP contribution in [0.1, 0.15) is 5.56 Å². The van der Waals surface area contributed by atoms with Crippen LogP contribution in [0.2, 0.25) is 5.02 Å². The van der Waals surface area contributed by atoms with Crippen molar-refractivity contribution >= 4 is 44.4 Å². The standard InChI is InChI=1S/C16H15BrClFN6/c17-14-13-15(23-22-14)20-9-21-16(13)25-6-4-24(5-7-25)8-10-11(18)2-1-3-12(10)19/h1-3,9H,4-8H2,(H,20,21,22,23). The van der Waals surface area contributed by atoms with Crippen LogP contribution in [-0.4, -0.2) is 51.2 Å². The predicted octanol–water partition coefficient (Wildman–Crippen LogP) is 3.23. The van der Waals surface area contributed by atoms with E-state index in [4.69, 9.17) is 11.6 Å². The van der Waals surface area contributed by atoms with E-state index in [-0.39, 0.29) is 5.82 Å².